The van der Waals surface area contributed by atoms with Gasteiger partial charge in [0.2, 0.25) is 0 Å². The SMILES string of the molecule is CC(C)OCCN(C)Cc1cc(F)ccc1C#N. The number of halogens is 1. The van der Waals surface area contributed by atoms with Crippen LogP contribution in [-0.4, -0.2) is 31.2 Å². The summed E-state index contributed by atoms with van der Waals surface area (Å²) in [5, 5.41) is 8.96. The average molecular weight is 250 g/mol. The van der Waals surface area contributed by atoms with Gasteiger partial charge in [0.05, 0.1) is 24.3 Å². The van der Waals surface area contributed by atoms with Gasteiger partial charge < -0.3 is 4.74 Å². The summed E-state index contributed by atoms with van der Waals surface area (Å²) in [7, 11) is 1.93. The molecule has 0 bridgehead atoms. The highest BCUT2D eigenvalue weighted by Gasteiger charge is 2.07. The van der Waals surface area contributed by atoms with E-state index in [1.165, 1.54) is 18.2 Å². The van der Waals surface area contributed by atoms with Gasteiger partial charge in [-0.25, -0.2) is 4.39 Å². The number of rotatable bonds is 6. The molecule has 0 aliphatic rings. The van der Waals surface area contributed by atoms with Gasteiger partial charge in [-0.15, -0.1) is 0 Å². The number of ether oxygens (including phenoxy) is 1. The molecule has 0 aromatic heterocycles. The average Bonchev–Trinajstić information content (AvgIpc) is 2.28. The van der Waals surface area contributed by atoms with E-state index < -0.39 is 0 Å². The summed E-state index contributed by atoms with van der Waals surface area (Å²) < 4.78 is 18.6. The minimum absolute atomic E-state index is 0.210. The molecular weight excluding hydrogens is 231 g/mol. The van der Waals surface area contributed by atoms with Crippen molar-refractivity contribution < 1.29 is 9.13 Å². The fourth-order valence-electron chi connectivity index (χ4n) is 1.62. The van der Waals surface area contributed by atoms with Crippen molar-refractivity contribution in [2.75, 3.05) is 20.2 Å². The van der Waals surface area contributed by atoms with Crippen molar-refractivity contribution in [3.8, 4) is 6.07 Å². The molecule has 0 saturated heterocycles. The summed E-state index contributed by atoms with van der Waals surface area (Å²) in [5.74, 6) is -0.309. The first-order valence-corrected chi connectivity index (χ1v) is 6.01. The highest BCUT2D eigenvalue weighted by Crippen LogP contribution is 2.12. The quantitative estimate of drug-likeness (QED) is 0.778. The molecule has 0 aliphatic carbocycles. The van der Waals surface area contributed by atoms with E-state index in [2.05, 4.69) is 6.07 Å². The first-order chi connectivity index (χ1) is 8.52. The number of nitrogens with zero attached hydrogens (tertiary/aromatic N) is 2. The Kier molecular flexibility index (Phi) is 5.76. The van der Waals surface area contributed by atoms with E-state index in [-0.39, 0.29) is 11.9 Å². The van der Waals surface area contributed by atoms with Crippen molar-refractivity contribution in [2.24, 2.45) is 0 Å². The molecular formula is C14H19FN2O. The van der Waals surface area contributed by atoms with Crippen molar-refractivity contribution in [1.29, 1.82) is 5.26 Å². The van der Waals surface area contributed by atoms with Crippen LogP contribution in [0.2, 0.25) is 0 Å². The van der Waals surface area contributed by atoms with Crippen LogP contribution in [0.25, 0.3) is 0 Å². The molecule has 4 heteroatoms. The molecule has 0 fully saturated rings. The van der Waals surface area contributed by atoms with E-state index in [1.54, 1.807) is 0 Å². The van der Waals surface area contributed by atoms with Crippen molar-refractivity contribution >= 4 is 0 Å². The smallest absolute Gasteiger partial charge is 0.123 e. The molecule has 0 amide bonds. The van der Waals surface area contributed by atoms with E-state index in [0.717, 1.165) is 6.54 Å². The lowest BCUT2D eigenvalue weighted by Crippen LogP contribution is -2.24. The van der Waals surface area contributed by atoms with Crippen LogP contribution in [0.4, 0.5) is 4.39 Å². The Bertz CT molecular complexity index is 426. The zero-order chi connectivity index (χ0) is 13.5. The topological polar surface area (TPSA) is 36.3 Å². The third kappa shape index (κ3) is 4.82. The molecule has 0 aliphatic heterocycles. The van der Waals surface area contributed by atoms with E-state index in [0.29, 0.717) is 24.3 Å². The van der Waals surface area contributed by atoms with Crippen LogP contribution in [-0.2, 0) is 11.3 Å². The van der Waals surface area contributed by atoms with Gasteiger partial charge in [0.1, 0.15) is 5.82 Å². The van der Waals surface area contributed by atoms with Crippen LogP contribution in [0.1, 0.15) is 25.0 Å². The second kappa shape index (κ2) is 7.10. The Labute approximate surface area is 108 Å². The summed E-state index contributed by atoms with van der Waals surface area (Å²) in [6.07, 6.45) is 0.210. The lowest BCUT2D eigenvalue weighted by Gasteiger charge is -2.18. The molecule has 0 spiro atoms. The van der Waals surface area contributed by atoms with Gasteiger partial charge >= 0.3 is 0 Å². The zero-order valence-corrected chi connectivity index (χ0v) is 11.1. The molecule has 18 heavy (non-hydrogen) atoms. The van der Waals surface area contributed by atoms with Crippen LogP contribution >= 0.6 is 0 Å². The number of nitriles is 1. The molecule has 0 saturated carbocycles. The van der Waals surface area contributed by atoms with E-state index in [4.69, 9.17) is 10.00 Å². The first-order valence-electron chi connectivity index (χ1n) is 6.01. The second-order valence-corrected chi connectivity index (χ2v) is 4.57. The fraction of sp³-hybridized carbons (Fsp3) is 0.500. The van der Waals surface area contributed by atoms with E-state index in [9.17, 15) is 4.39 Å². The summed E-state index contributed by atoms with van der Waals surface area (Å²) >= 11 is 0. The second-order valence-electron chi connectivity index (χ2n) is 4.57. The van der Waals surface area contributed by atoms with Crippen LogP contribution in [0.3, 0.4) is 0 Å². The Morgan fingerprint density at radius 1 is 1.44 bits per heavy atom. The minimum atomic E-state index is -0.309. The molecule has 3 nitrogen and oxygen atoms in total. The number of benzene rings is 1. The summed E-state index contributed by atoms with van der Waals surface area (Å²) in [6.45, 7) is 5.90. The Hall–Kier alpha value is -1.44. The number of hydrogen-bond acceptors (Lipinski definition) is 3. The normalized spacial score (nSPS) is 10.9. The lowest BCUT2D eigenvalue weighted by molar-refractivity contribution is 0.0627. The Balaban J connectivity index is 2.56. The van der Waals surface area contributed by atoms with E-state index in [1.807, 2.05) is 25.8 Å². The molecule has 98 valence electrons. The highest BCUT2D eigenvalue weighted by molar-refractivity contribution is 5.37. The van der Waals surface area contributed by atoms with E-state index >= 15 is 0 Å². The standard InChI is InChI=1S/C14H19FN2O/c1-11(2)18-7-6-17(3)10-13-8-14(15)5-4-12(13)9-16/h4-5,8,11H,6-7,10H2,1-3H3. The van der Waals surface area contributed by atoms with Crippen molar-refractivity contribution in [2.45, 2.75) is 26.5 Å². The summed E-state index contributed by atoms with van der Waals surface area (Å²) in [6, 6.07) is 6.32. The molecule has 1 aromatic carbocycles. The predicted octanol–water partition coefficient (Wildman–Crippen LogP) is 2.55. The number of likely N-dealkylation sites (N-methyl/N-ethyl adjacent to an activating group) is 1. The maximum absolute atomic E-state index is 13.1. The van der Waals surface area contributed by atoms with Gasteiger partial charge in [0, 0.05) is 13.1 Å². The molecule has 0 heterocycles. The van der Waals surface area contributed by atoms with Crippen LogP contribution in [0, 0.1) is 17.1 Å². The van der Waals surface area contributed by atoms with Gasteiger partial charge in [-0.2, -0.15) is 5.26 Å². The third-order valence-electron chi connectivity index (χ3n) is 2.55. The Morgan fingerprint density at radius 2 is 2.17 bits per heavy atom. The molecule has 1 aromatic rings. The van der Waals surface area contributed by atoms with Crippen LogP contribution in [0.5, 0.6) is 0 Å². The Morgan fingerprint density at radius 3 is 2.78 bits per heavy atom. The molecule has 0 atom stereocenters. The maximum atomic E-state index is 13.1. The van der Waals surface area contributed by atoms with Crippen molar-refractivity contribution in [3.05, 3.63) is 35.1 Å². The van der Waals surface area contributed by atoms with Crippen LogP contribution in [0.15, 0.2) is 18.2 Å². The predicted molar refractivity (Wildman–Crippen MR) is 68.5 cm³/mol. The molecule has 0 radical (unpaired) electrons. The highest BCUT2D eigenvalue weighted by atomic mass is 19.1. The van der Waals surface area contributed by atoms with Gasteiger partial charge in [-0.3, -0.25) is 4.90 Å². The minimum Gasteiger partial charge on any atom is -0.377 e. The third-order valence-corrected chi connectivity index (χ3v) is 2.55. The summed E-state index contributed by atoms with van der Waals surface area (Å²) in [5.41, 5.74) is 1.23. The first kappa shape index (κ1) is 14.6. The summed E-state index contributed by atoms with van der Waals surface area (Å²) in [4.78, 5) is 2.01. The van der Waals surface area contributed by atoms with Gasteiger partial charge in [-0.05, 0) is 44.7 Å². The largest absolute Gasteiger partial charge is 0.377 e. The van der Waals surface area contributed by atoms with Gasteiger partial charge in [0.25, 0.3) is 0 Å². The van der Waals surface area contributed by atoms with Crippen molar-refractivity contribution in [1.82, 2.24) is 4.90 Å². The van der Waals surface area contributed by atoms with Gasteiger partial charge in [-0.1, -0.05) is 0 Å². The zero-order valence-electron chi connectivity index (χ0n) is 11.1. The van der Waals surface area contributed by atoms with Crippen LogP contribution < -0.4 is 0 Å². The maximum Gasteiger partial charge on any atom is 0.123 e. The van der Waals surface area contributed by atoms with Gasteiger partial charge in [0.15, 0.2) is 0 Å². The lowest BCUT2D eigenvalue weighted by atomic mass is 10.1. The molecule has 0 unspecified atom stereocenters. The monoisotopic (exact) mass is 250 g/mol. The molecule has 1 rings (SSSR count). The fourth-order valence-corrected chi connectivity index (χ4v) is 1.62. The molecule has 0 N–H and O–H groups in total. The number of hydrogen-bond donors (Lipinski definition) is 0. The van der Waals surface area contributed by atoms with Crippen molar-refractivity contribution in [3.63, 3.8) is 0 Å².